The van der Waals surface area contributed by atoms with E-state index in [0.717, 1.165) is 54.2 Å². The number of hydrogen-bond acceptors (Lipinski definition) is 4. The van der Waals surface area contributed by atoms with Gasteiger partial charge >= 0.3 is 12.0 Å². The van der Waals surface area contributed by atoms with Gasteiger partial charge in [-0.25, -0.2) is 9.59 Å². The Morgan fingerprint density at radius 1 is 1.13 bits per heavy atom. The van der Waals surface area contributed by atoms with Gasteiger partial charge in [0.05, 0.1) is 11.2 Å². The van der Waals surface area contributed by atoms with Crippen molar-refractivity contribution in [1.82, 2.24) is 19.6 Å². The lowest BCUT2D eigenvalue weighted by atomic mass is 9.78. The van der Waals surface area contributed by atoms with E-state index in [4.69, 9.17) is 28.3 Å². The molecule has 2 saturated heterocycles. The molecule has 2 fully saturated rings. The maximum absolute atomic E-state index is 12.7. The van der Waals surface area contributed by atoms with E-state index < -0.39 is 5.97 Å². The third kappa shape index (κ3) is 4.06. The van der Waals surface area contributed by atoms with Crippen LogP contribution in [0.4, 0.5) is 4.79 Å². The van der Waals surface area contributed by atoms with E-state index in [2.05, 4.69) is 23.0 Å². The number of rotatable bonds is 3. The summed E-state index contributed by atoms with van der Waals surface area (Å²) < 4.78 is 1.03. The van der Waals surface area contributed by atoms with Gasteiger partial charge in [0.25, 0.3) is 0 Å². The van der Waals surface area contributed by atoms with Crippen LogP contribution < -0.4 is 0 Å². The van der Waals surface area contributed by atoms with Crippen LogP contribution in [-0.2, 0) is 6.54 Å². The van der Waals surface area contributed by atoms with Gasteiger partial charge in [0.2, 0.25) is 0 Å². The summed E-state index contributed by atoms with van der Waals surface area (Å²) in [6.07, 6.45) is 4.23. The van der Waals surface area contributed by atoms with Crippen LogP contribution in [0.1, 0.15) is 40.9 Å². The first-order valence-corrected chi connectivity index (χ1v) is 10.8. The number of nitrogens with zero attached hydrogens (tertiary/aromatic N) is 4. The summed E-state index contributed by atoms with van der Waals surface area (Å²) in [5.74, 6) is -1.25. The van der Waals surface area contributed by atoms with E-state index in [0.29, 0.717) is 13.1 Å². The van der Waals surface area contributed by atoms with E-state index in [-0.39, 0.29) is 22.2 Å². The Kier molecular flexibility index (Phi) is 5.79. The molecule has 0 bridgehead atoms. The van der Waals surface area contributed by atoms with Gasteiger partial charge in [-0.15, -0.1) is 0 Å². The number of aromatic carboxylic acids is 1. The minimum Gasteiger partial charge on any atom is -0.476 e. The molecule has 30 heavy (non-hydrogen) atoms. The van der Waals surface area contributed by atoms with Crippen LogP contribution in [0.2, 0.25) is 10.0 Å². The van der Waals surface area contributed by atoms with Crippen LogP contribution in [0.25, 0.3) is 0 Å². The average molecular weight is 451 g/mol. The van der Waals surface area contributed by atoms with Crippen molar-refractivity contribution in [2.45, 2.75) is 32.7 Å². The van der Waals surface area contributed by atoms with Gasteiger partial charge in [0, 0.05) is 31.2 Å². The normalized spacial score (nSPS) is 18.8. The Morgan fingerprint density at radius 3 is 2.50 bits per heavy atom. The summed E-state index contributed by atoms with van der Waals surface area (Å²) in [5.41, 5.74) is 2.31. The number of piperidine rings is 1. The fourth-order valence-corrected chi connectivity index (χ4v) is 4.95. The molecule has 7 nitrogen and oxygen atoms in total. The standard InChI is InChI=1S/C21H24Cl2N4O3/c1-14-15(3-2-4-16(14)22)11-25-8-5-21(13-25)6-9-26(10-7-21)20(30)27-12-17(23)18(24-27)19(28)29/h2-4,12H,5-11,13H2,1H3,(H,28,29). The molecule has 1 spiro atoms. The van der Waals surface area contributed by atoms with Crippen molar-refractivity contribution < 1.29 is 14.7 Å². The average Bonchev–Trinajstić information content (AvgIpc) is 3.29. The Hall–Kier alpha value is -2.09. The number of benzene rings is 1. The summed E-state index contributed by atoms with van der Waals surface area (Å²) in [6, 6.07) is 5.72. The zero-order chi connectivity index (χ0) is 21.5. The summed E-state index contributed by atoms with van der Waals surface area (Å²) in [4.78, 5) is 28.0. The molecule has 0 aliphatic carbocycles. The molecule has 1 aromatic carbocycles. The van der Waals surface area contributed by atoms with Crippen LogP contribution in [0.5, 0.6) is 0 Å². The van der Waals surface area contributed by atoms with Crippen LogP contribution in [-0.4, -0.2) is 62.9 Å². The zero-order valence-corrected chi connectivity index (χ0v) is 18.3. The van der Waals surface area contributed by atoms with Crippen LogP contribution in [0.3, 0.4) is 0 Å². The SMILES string of the molecule is Cc1c(Cl)cccc1CN1CCC2(CCN(C(=O)n3cc(Cl)c(C(=O)O)n3)CC2)C1. The van der Waals surface area contributed by atoms with Crippen LogP contribution in [0, 0.1) is 12.3 Å². The van der Waals surface area contributed by atoms with Crippen molar-refractivity contribution >= 4 is 35.2 Å². The molecule has 4 rings (SSSR count). The summed E-state index contributed by atoms with van der Waals surface area (Å²) in [6.45, 7) is 6.26. The predicted octanol–water partition coefficient (Wildman–Crippen LogP) is 4.15. The third-order valence-corrected chi connectivity index (χ3v) is 7.14. The Balaban J connectivity index is 1.36. The minimum atomic E-state index is -1.25. The molecular weight excluding hydrogens is 427 g/mol. The Bertz CT molecular complexity index is 983. The zero-order valence-electron chi connectivity index (χ0n) is 16.8. The lowest BCUT2D eigenvalue weighted by Gasteiger charge is -2.39. The second kappa shape index (κ2) is 8.21. The number of aromatic nitrogens is 2. The molecule has 1 amide bonds. The van der Waals surface area contributed by atoms with Crippen LogP contribution in [0.15, 0.2) is 24.4 Å². The van der Waals surface area contributed by atoms with Gasteiger partial charge in [-0.2, -0.15) is 9.78 Å². The van der Waals surface area contributed by atoms with Crippen molar-refractivity contribution in [2.75, 3.05) is 26.2 Å². The molecule has 3 heterocycles. The molecule has 160 valence electrons. The number of amides is 1. The molecule has 0 radical (unpaired) electrons. The van der Waals surface area contributed by atoms with Crippen molar-refractivity contribution in [3.05, 3.63) is 51.3 Å². The quantitative estimate of drug-likeness (QED) is 0.759. The van der Waals surface area contributed by atoms with E-state index in [1.165, 1.54) is 11.8 Å². The molecule has 0 atom stereocenters. The molecule has 1 N–H and O–H groups in total. The molecule has 2 aliphatic heterocycles. The number of halogens is 2. The van der Waals surface area contributed by atoms with Gasteiger partial charge in [0.1, 0.15) is 0 Å². The van der Waals surface area contributed by atoms with Crippen molar-refractivity contribution in [2.24, 2.45) is 5.41 Å². The molecule has 9 heteroatoms. The molecule has 0 unspecified atom stereocenters. The Morgan fingerprint density at radius 2 is 1.83 bits per heavy atom. The number of carbonyl (C=O) groups excluding carboxylic acids is 1. The molecule has 1 aromatic heterocycles. The first kappa shape index (κ1) is 21.2. The maximum atomic E-state index is 12.7. The van der Waals surface area contributed by atoms with E-state index in [9.17, 15) is 9.59 Å². The first-order valence-electron chi connectivity index (χ1n) is 10.0. The van der Waals surface area contributed by atoms with E-state index >= 15 is 0 Å². The molecule has 0 saturated carbocycles. The highest BCUT2D eigenvalue weighted by atomic mass is 35.5. The summed E-state index contributed by atoms with van der Waals surface area (Å²) in [5, 5.41) is 13.7. The largest absolute Gasteiger partial charge is 0.476 e. The highest BCUT2D eigenvalue weighted by Gasteiger charge is 2.41. The highest BCUT2D eigenvalue weighted by molar-refractivity contribution is 6.33. The van der Waals surface area contributed by atoms with Gasteiger partial charge in [0.15, 0.2) is 5.69 Å². The summed E-state index contributed by atoms with van der Waals surface area (Å²) in [7, 11) is 0. The number of carboxylic acids is 1. The first-order chi connectivity index (χ1) is 14.3. The fourth-order valence-electron chi connectivity index (χ4n) is 4.55. The van der Waals surface area contributed by atoms with Gasteiger partial charge < -0.3 is 10.0 Å². The molecule has 2 aromatic rings. The minimum absolute atomic E-state index is 0.0351. The number of likely N-dealkylation sites (tertiary alicyclic amines) is 2. The maximum Gasteiger partial charge on any atom is 0.357 e. The lowest BCUT2D eigenvalue weighted by molar-refractivity contribution is 0.0690. The van der Waals surface area contributed by atoms with Crippen molar-refractivity contribution in [3.8, 4) is 0 Å². The monoisotopic (exact) mass is 450 g/mol. The van der Waals surface area contributed by atoms with Gasteiger partial charge in [-0.05, 0) is 55.3 Å². The predicted molar refractivity (Wildman–Crippen MR) is 114 cm³/mol. The van der Waals surface area contributed by atoms with E-state index in [1.807, 2.05) is 12.1 Å². The molecular formula is C21H24Cl2N4O3. The summed E-state index contributed by atoms with van der Waals surface area (Å²) >= 11 is 12.1. The molecule has 2 aliphatic rings. The van der Waals surface area contributed by atoms with Crippen LogP contribution >= 0.6 is 23.2 Å². The number of carboxylic acid groups (broad SMARTS) is 1. The van der Waals surface area contributed by atoms with E-state index in [1.54, 1.807) is 4.90 Å². The third-order valence-electron chi connectivity index (χ3n) is 6.45. The second-order valence-electron chi connectivity index (χ2n) is 8.33. The fraction of sp³-hybridized carbons (Fsp3) is 0.476. The van der Waals surface area contributed by atoms with Crippen molar-refractivity contribution in [3.63, 3.8) is 0 Å². The topological polar surface area (TPSA) is 78.7 Å². The number of hydrogen-bond donors (Lipinski definition) is 1. The Labute approximate surface area is 185 Å². The van der Waals surface area contributed by atoms with Crippen molar-refractivity contribution in [1.29, 1.82) is 0 Å². The lowest BCUT2D eigenvalue weighted by Crippen LogP contribution is -2.45. The second-order valence-corrected chi connectivity index (χ2v) is 9.14. The highest BCUT2D eigenvalue weighted by Crippen LogP contribution is 2.41. The number of carbonyl (C=O) groups is 2. The van der Waals surface area contributed by atoms with Gasteiger partial charge in [-0.3, -0.25) is 4.90 Å². The van der Waals surface area contributed by atoms with Gasteiger partial charge in [-0.1, -0.05) is 35.3 Å². The smallest absolute Gasteiger partial charge is 0.357 e.